The molecule has 1 aromatic rings. The molecule has 1 saturated heterocycles. The maximum atomic E-state index is 12.2. The molecule has 2 rings (SSSR count). The number of anilines is 1. The van der Waals surface area contributed by atoms with Gasteiger partial charge in [0.15, 0.2) is 0 Å². The standard InChI is InChI=1S/C16H22N2O3/c1-4-18-7-8-21-16(20)14(18)10-15(19)17-13-9-11(2)5-6-12(13)3/h5-6,9,14H,4,7-8,10H2,1-3H3,(H,17,19)/t14-/m1/s1. The minimum Gasteiger partial charge on any atom is -0.463 e. The number of rotatable bonds is 4. The van der Waals surface area contributed by atoms with Crippen molar-refractivity contribution in [3.05, 3.63) is 29.3 Å². The van der Waals surface area contributed by atoms with Gasteiger partial charge in [0.1, 0.15) is 12.6 Å². The first-order chi connectivity index (χ1) is 10.0. The van der Waals surface area contributed by atoms with Crippen LogP contribution in [0.15, 0.2) is 18.2 Å². The van der Waals surface area contributed by atoms with E-state index >= 15 is 0 Å². The predicted molar refractivity (Wildman–Crippen MR) is 81.2 cm³/mol. The lowest BCUT2D eigenvalue weighted by Crippen LogP contribution is -2.50. The van der Waals surface area contributed by atoms with E-state index in [1.807, 2.05) is 43.9 Å². The summed E-state index contributed by atoms with van der Waals surface area (Å²) in [5.74, 6) is -0.467. The molecule has 0 bridgehead atoms. The SMILES string of the molecule is CCN1CCOC(=O)[C@H]1CC(=O)Nc1cc(C)ccc1C. The molecule has 1 fully saturated rings. The van der Waals surface area contributed by atoms with E-state index < -0.39 is 6.04 Å². The summed E-state index contributed by atoms with van der Waals surface area (Å²) >= 11 is 0. The number of nitrogens with zero attached hydrogens (tertiary/aromatic N) is 1. The van der Waals surface area contributed by atoms with Crippen LogP contribution in [0.1, 0.15) is 24.5 Å². The number of aryl methyl sites for hydroxylation is 2. The average Bonchev–Trinajstić information content (AvgIpc) is 2.45. The number of nitrogens with one attached hydrogen (secondary N) is 1. The zero-order chi connectivity index (χ0) is 15.4. The molecule has 1 N–H and O–H groups in total. The van der Waals surface area contributed by atoms with Crippen molar-refractivity contribution in [3.63, 3.8) is 0 Å². The highest BCUT2D eigenvalue weighted by Gasteiger charge is 2.32. The lowest BCUT2D eigenvalue weighted by Gasteiger charge is -2.32. The number of hydrogen-bond donors (Lipinski definition) is 1. The molecule has 0 spiro atoms. The highest BCUT2D eigenvalue weighted by molar-refractivity contribution is 5.95. The molecule has 0 unspecified atom stereocenters. The van der Waals surface area contributed by atoms with Gasteiger partial charge in [0, 0.05) is 12.2 Å². The summed E-state index contributed by atoms with van der Waals surface area (Å²) in [6, 6.07) is 5.43. The summed E-state index contributed by atoms with van der Waals surface area (Å²) in [6.07, 6.45) is 0.125. The smallest absolute Gasteiger partial charge is 0.323 e. The number of carbonyl (C=O) groups excluding carboxylic acids is 2. The summed E-state index contributed by atoms with van der Waals surface area (Å²) in [7, 11) is 0. The highest BCUT2D eigenvalue weighted by Crippen LogP contribution is 2.18. The van der Waals surface area contributed by atoms with Crippen molar-refractivity contribution in [1.29, 1.82) is 0 Å². The molecule has 5 heteroatoms. The quantitative estimate of drug-likeness (QED) is 0.860. The number of hydrogen-bond acceptors (Lipinski definition) is 4. The third-order valence-corrected chi connectivity index (χ3v) is 3.79. The fourth-order valence-electron chi connectivity index (χ4n) is 2.50. The van der Waals surface area contributed by atoms with Gasteiger partial charge >= 0.3 is 5.97 Å². The average molecular weight is 290 g/mol. The Balaban J connectivity index is 2.03. The van der Waals surface area contributed by atoms with E-state index in [0.29, 0.717) is 13.2 Å². The normalized spacial score (nSPS) is 19.2. The fourth-order valence-corrected chi connectivity index (χ4v) is 2.50. The van der Waals surface area contributed by atoms with Gasteiger partial charge < -0.3 is 10.1 Å². The molecular weight excluding hydrogens is 268 g/mol. The maximum Gasteiger partial charge on any atom is 0.323 e. The van der Waals surface area contributed by atoms with E-state index in [-0.39, 0.29) is 18.3 Å². The van der Waals surface area contributed by atoms with Gasteiger partial charge in [-0.1, -0.05) is 19.1 Å². The van der Waals surface area contributed by atoms with Crippen molar-refractivity contribution in [2.24, 2.45) is 0 Å². The first-order valence-corrected chi connectivity index (χ1v) is 7.29. The summed E-state index contributed by atoms with van der Waals surface area (Å²) in [5.41, 5.74) is 2.89. The van der Waals surface area contributed by atoms with Gasteiger partial charge in [0.05, 0.1) is 6.42 Å². The molecule has 1 atom stereocenters. The van der Waals surface area contributed by atoms with E-state index in [2.05, 4.69) is 5.32 Å². The van der Waals surface area contributed by atoms with Gasteiger partial charge in [-0.05, 0) is 37.6 Å². The van der Waals surface area contributed by atoms with Gasteiger partial charge in [0.25, 0.3) is 0 Å². The molecule has 114 valence electrons. The summed E-state index contributed by atoms with van der Waals surface area (Å²) < 4.78 is 5.06. The number of esters is 1. The molecule has 0 saturated carbocycles. The Morgan fingerprint density at radius 2 is 2.19 bits per heavy atom. The fraction of sp³-hybridized carbons (Fsp3) is 0.500. The first kappa shape index (κ1) is 15.5. The van der Waals surface area contributed by atoms with Gasteiger partial charge in [-0.15, -0.1) is 0 Å². The number of morpholine rings is 1. The van der Waals surface area contributed by atoms with Crippen LogP contribution in [0.3, 0.4) is 0 Å². The minimum absolute atomic E-state index is 0.125. The Morgan fingerprint density at radius 3 is 2.90 bits per heavy atom. The van der Waals surface area contributed by atoms with E-state index in [0.717, 1.165) is 23.4 Å². The Labute approximate surface area is 125 Å². The van der Waals surface area contributed by atoms with Crippen molar-refractivity contribution in [3.8, 4) is 0 Å². The van der Waals surface area contributed by atoms with Crippen molar-refractivity contribution in [2.45, 2.75) is 33.2 Å². The second kappa shape index (κ2) is 6.72. The van der Waals surface area contributed by atoms with Crippen LogP contribution in [0, 0.1) is 13.8 Å². The molecule has 1 heterocycles. The molecule has 1 aromatic carbocycles. The van der Waals surface area contributed by atoms with E-state index in [9.17, 15) is 9.59 Å². The molecule has 0 radical (unpaired) electrons. The number of likely N-dealkylation sites (N-methyl/N-ethyl adjacent to an activating group) is 1. The van der Waals surface area contributed by atoms with Crippen LogP contribution in [0.25, 0.3) is 0 Å². The van der Waals surface area contributed by atoms with Crippen LogP contribution >= 0.6 is 0 Å². The summed E-state index contributed by atoms with van der Waals surface area (Å²) in [6.45, 7) is 7.73. The number of carbonyl (C=O) groups is 2. The largest absolute Gasteiger partial charge is 0.463 e. The maximum absolute atomic E-state index is 12.2. The second-order valence-electron chi connectivity index (χ2n) is 5.38. The Kier molecular flexibility index (Phi) is 4.96. The number of cyclic esters (lactones) is 1. The van der Waals surface area contributed by atoms with Crippen molar-refractivity contribution in [2.75, 3.05) is 25.0 Å². The van der Waals surface area contributed by atoms with Crippen molar-refractivity contribution < 1.29 is 14.3 Å². The monoisotopic (exact) mass is 290 g/mol. The van der Waals surface area contributed by atoms with E-state index in [1.54, 1.807) is 0 Å². The van der Waals surface area contributed by atoms with Crippen LogP contribution < -0.4 is 5.32 Å². The van der Waals surface area contributed by atoms with Crippen LogP contribution in [0.4, 0.5) is 5.69 Å². The van der Waals surface area contributed by atoms with Gasteiger partial charge in [-0.3, -0.25) is 14.5 Å². The zero-order valence-electron chi connectivity index (χ0n) is 12.8. The Hall–Kier alpha value is -1.88. The highest BCUT2D eigenvalue weighted by atomic mass is 16.5. The third-order valence-electron chi connectivity index (χ3n) is 3.79. The van der Waals surface area contributed by atoms with Crippen molar-refractivity contribution >= 4 is 17.6 Å². The summed E-state index contributed by atoms with van der Waals surface area (Å²) in [4.78, 5) is 26.0. The van der Waals surface area contributed by atoms with Crippen molar-refractivity contribution in [1.82, 2.24) is 4.90 Å². The first-order valence-electron chi connectivity index (χ1n) is 7.29. The van der Waals surface area contributed by atoms with Crippen LogP contribution in [-0.2, 0) is 14.3 Å². The zero-order valence-corrected chi connectivity index (χ0v) is 12.8. The summed E-state index contributed by atoms with van der Waals surface area (Å²) in [5, 5.41) is 2.89. The molecule has 0 aromatic heterocycles. The van der Waals surface area contributed by atoms with Crippen LogP contribution in [-0.4, -0.2) is 42.5 Å². The molecule has 1 amide bonds. The lowest BCUT2D eigenvalue weighted by atomic mass is 10.1. The van der Waals surface area contributed by atoms with E-state index in [1.165, 1.54) is 0 Å². The predicted octanol–water partition coefficient (Wildman–Crippen LogP) is 1.88. The molecule has 1 aliphatic heterocycles. The van der Waals surface area contributed by atoms with Crippen LogP contribution in [0.5, 0.6) is 0 Å². The van der Waals surface area contributed by atoms with Gasteiger partial charge in [-0.25, -0.2) is 0 Å². The Morgan fingerprint density at radius 1 is 1.43 bits per heavy atom. The molecular formula is C16H22N2O3. The minimum atomic E-state index is -0.478. The number of benzene rings is 1. The van der Waals surface area contributed by atoms with Gasteiger partial charge in [-0.2, -0.15) is 0 Å². The van der Waals surface area contributed by atoms with Crippen LogP contribution in [0.2, 0.25) is 0 Å². The molecule has 0 aliphatic carbocycles. The lowest BCUT2D eigenvalue weighted by molar-refractivity contribution is -0.158. The number of amides is 1. The number of ether oxygens (including phenoxy) is 1. The third kappa shape index (κ3) is 3.82. The second-order valence-corrected chi connectivity index (χ2v) is 5.38. The van der Waals surface area contributed by atoms with E-state index in [4.69, 9.17) is 4.74 Å². The topological polar surface area (TPSA) is 58.6 Å². The molecule has 5 nitrogen and oxygen atoms in total. The molecule has 1 aliphatic rings. The Bertz CT molecular complexity index is 542. The van der Waals surface area contributed by atoms with Gasteiger partial charge in [0.2, 0.25) is 5.91 Å². The molecule has 21 heavy (non-hydrogen) atoms.